The van der Waals surface area contributed by atoms with Crippen LogP contribution in [0, 0.1) is 0 Å². The second kappa shape index (κ2) is 7.97. The third-order valence-corrected chi connectivity index (χ3v) is 3.36. The number of benzene rings is 1. The molecule has 21 heavy (non-hydrogen) atoms. The van der Waals surface area contributed by atoms with E-state index in [9.17, 15) is 9.90 Å². The highest BCUT2D eigenvalue weighted by Gasteiger charge is 2.24. The zero-order valence-electron chi connectivity index (χ0n) is 12.2. The molecule has 0 aromatic heterocycles. The van der Waals surface area contributed by atoms with Gasteiger partial charge in [-0.3, -0.25) is 9.69 Å². The van der Waals surface area contributed by atoms with Gasteiger partial charge in [-0.15, -0.1) is 0 Å². The second-order valence-electron chi connectivity index (χ2n) is 4.89. The van der Waals surface area contributed by atoms with Crippen LogP contribution in [0.5, 0.6) is 5.75 Å². The van der Waals surface area contributed by atoms with E-state index in [1.807, 2.05) is 36.1 Å². The molecule has 0 radical (unpaired) electrons. The smallest absolute Gasteiger partial charge is 0.238 e. The maximum Gasteiger partial charge on any atom is 0.238 e. The summed E-state index contributed by atoms with van der Waals surface area (Å²) in [6.45, 7) is 4.50. The van der Waals surface area contributed by atoms with Crippen LogP contribution < -0.4 is 10.1 Å². The van der Waals surface area contributed by atoms with E-state index in [0.29, 0.717) is 26.4 Å². The van der Waals surface area contributed by atoms with Gasteiger partial charge in [0.05, 0.1) is 39.0 Å². The third kappa shape index (κ3) is 4.70. The molecule has 1 aliphatic rings. The first-order valence-corrected chi connectivity index (χ1v) is 7.18. The zero-order chi connectivity index (χ0) is 15.1. The average Bonchev–Trinajstić information content (AvgIpc) is 2.50. The van der Waals surface area contributed by atoms with E-state index in [4.69, 9.17) is 9.47 Å². The summed E-state index contributed by atoms with van der Waals surface area (Å²) in [6.07, 6.45) is 0. The predicted octanol–water partition coefficient (Wildman–Crippen LogP) is 0.717. The monoisotopic (exact) mass is 294 g/mol. The number of anilines is 1. The first-order valence-electron chi connectivity index (χ1n) is 7.18. The number of ether oxygens (including phenoxy) is 2. The molecule has 1 aliphatic heterocycles. The quantitative estimate of drug-likeness (QED) is 0.809. The maximum absolute atomic E-state index is 12.0. The lowest BCUT2D eigenvalue weighted by Crippen LogP contribution is -2.50. The molecule has 6 nitrogen and oxygen atoms in total. The molecule has 1 aromatic rings. The summed E-state index contributed by atoms with van der Waals surface area (Å²) in [7, 11) is 0. The summed E-state index contributed by atoms with van der Waals surface area (Å²) < 4.78 is 10.6. The highest BCUT2D eigenvalue weighted by molar-refractivity contribution is 5.92. The highest BCUT2D eigenvalue weighted by Crippen LogP contribution is 2.15. The van der Waals surface area contributed by atoms with E-state index < -0.39 is 0 Å². The van der Waals surface area contributed by atoms with E-state index >= 15 is 0 Å². The van der Waals surface area contributed by atoms with Crippen LogP contribution in [0.3, 0.4) is 0 Å². The molecule has 2 rings (SSSR count). The Morgan fingerprint density at radius 1 is 1.48 bits per heavy atom. The van der Waals surface area contributed by atoms with Crippen LogP contribution in [0.2, 0.25) is 0 Å². The van der Waals surface area contributed by atoms with Crippen molar-refractivity contribution in [2.75, 3.05) is 44.8 Å². The van der Waals surface area contributed by atoms with Crippen LogP contribution in [0.25, 0.3) is 0 Å². The van der Waals surface area contributed by atoms with Gasteiger partial charge in [0.25, 0.3) is 0 Å². The van der Waals surface area contributed by atoms with Crippen molar-refractivity contribution in [1.29, 1.82) is 0 Å². The summed E-state index contributed by atoms with van der Waals surface area (Å²) in [5, 5.41) is 12.1. The average molecular weight is 294 g/mol. The molecule has 0 aliphatic carbocycles. The zero-order valence-corrected chi connectivity index (χ0v) is 12.2. The molecule has 116 valence electrons. The van der Waals surface area contributed by atoms with Gasteiger partial charge in [-0.1, -0.05) is 0 Å². The molecule has 6 heteroatoms. The van der Waals surface area contributed by atoms with Crippen molar-refractivity contribution in [2.45, 2.75) is 13.0 Å². The van der Waals surface area contributed by atoms with Gasteiger partial charge in [-0.2, -0.15) is 0 Å². The number of carbonyl (C=O) groups is 1. The number of morpholine rings is 1. The van der Waals surface area contributed by atoms with Gasteiger partial charge in [0, 0.05) is 12.2 Å². The molecule has 1 atom stereocenters. The van der Waals surface area contributed by atoms with E-state index in [0.717, 1.165) is 11.4 Å². The van der Waals surface area contributed by atoms with E-state index in [2.05, 4.69) is 5.32 Å². The summed E-state index contributed by atoms with van der Waals surface area (Å²) >= 11 is 0. The molecule has 1 heterocycles. The van der Waals surface area contributed by atoms with Gasteiger partial charge < -0.3 is 19.9 Å². The lowest BCUT2D eigenvalue weighted by molar-refractivity contribution is -0.120. The molecule has 1 aromatic carbocycles. The first kappa shape index (κ1) is 15.8. The SMILES string of the molecule is CCOc1ccc(NC(=O)CN2CCOCC2CO)cc1. The van der Waals surface area contributed by atoms with Crippen molar-refractivity contribution >= 4 is 11.6 Å². The molecule has 1 unspecified atom stereocenters. The number of nitrogens with one attached hydrogen (secondary N) is 1. The summed E-state index contributed by atoms with van der Waals surface area (Å²) in [4.78, 5) is 14.0. The normalized spacial score (nSPS) is 19.2. The second-order valence-corrected chi connectivity index (χ2v) is 4.89. The Labute approximate surface area is 124 Å². The summed E-state index contributed by atoms with van der Waals surface area (Å²) in [5.74, 6) is 0.684. The minimum atomic E-state index is -0.107. The number of rotatable bonds is 6. The number of hydrogen-bond donors (Lipinski definition) is 2. The first-order chi connectivity index (χ1) is 10.2. The number of nitrogens with zero attached hydrogens (tertiary/aromatic N) is 1. The van der Waals surface area contributed by atoms with Crippen LogP contribution in [0.1, 0.15) is 6.92 Å². The van der Waals surface area contributed by atoms with Crippen LogP contribution in [-0.4, -0.2) is 61.5 Å². The van der Waals surface area contributed by atoms with Crippen molar-refractivity contribution in [1.82, 2.24) is 4.90 Å². The standard InChI is InChI=1S/C15H22N2O4/c1-2-21-14-5-3-12(4-6-14)16-15(19)9-17-7-8-20-11-13(17)10-18/h3-6,13,18H,2,7-11H2,1H3,(H,16,19). The van der Waals surface area contributed by atoms with E-state index in [-0.39, 0.29) is 25.1 Å². The van der Waals surface area contributed by atoms with Crippen molar-refractivity contribution < 1.29 is 19.4 Å². The minimum Gasteiger partial charge on any atom is -0.494 e. The van der Waals surface area contributed by atoms with Crippen LogP contribution >= 0.6 is 0 Å². The highest BCUT2D eigenvalue weighted by atomic mass is 16.5. The molecular weight excluding hydrogens is 272 g/mol. The maximum atomic E-state index is 12.0. The number of carbonyl (C=O) groups excluding carboxylic acids is 1. The van der Waals surface area contributed by atoms with Gasteiger partial charge in [0.1, 0.15) is 5.75 Å². The van der Waals surface area contributed by atoms with Gasteiger partial charge in [0.2, 0.25) is 5.91 Å². The Morgan fingerprint density at radius 3 is 2.90 bits per heavy atom. The van der Waals surface area contributed by atoms with E-state index in [1.54, 1.807) is 0 Å². The molecule has 0 saturated carbocycles. The topological polar surface area (TPSA) is 71.0 Å². The third-order valence-electron chi connectivity index (χ3n) is 3.36. The van der Waals surface area contributed by atoms with Crippen molar-refractivity contribution in [3.8, 4) is 5.75 Å². The van der Waals surface area contributed by atoms with Gasteiger partial charge >= 0.3 is 0 Å². The van der Waals surface area contributed by atoms with Crippen LogP contribution in [-0.2, 0) is 9.53 Å². The van der Waals surface area contributed by atoms with Gasteiger partial charge in [0.15, 0.2) is 0 Å². The fourth-order valence-corrected chi connectivity index (χ4v) is 2.25. The lowest BCUT2D eigenvalue weighted by Gasteiger charge is -2.33. The number of aliphatic hydroxyl groups is 1. The van der Waals surface area contributed by atoms with Gasteiger partial charge in [-0.25, -0.2) is 0 Å². The molecule has 1 amide bonds. The Morgan fingerprint density at radius 2 is 2.24 bits per heavy atom. The number of hydrogen-bond acceptors (Lipinski definition) is 5. The van der Waals surface area contributed by atoms with Crippen LogP contribution in [0.15, 0.2) is 24.3 Å². The fourth-order valence-electron chi connectivity index (χ4n) is 2.25. The molecule has 1 fully saturated rings. The molecule has 1 saturated heterocycles. The van der Waals surface area contributed by atoms with E-state index in [1.165, 1.54) is 0 Å². The lowest BCUT2D eigenvalue weighted by atomic mass is 10.2. The summed E-state index contributed by atoms with van der Waals surface area (Å²) in [6, 6.07) is 7.16. The van der Waals surface area contributed by atoms with Crippen molar-refractivity contribution in [2.24, 2.45) is 0 Å². The Kier molecular flexibility index (Phi) is 5.98. The molecule has 0 bridgehead atoms. The van der Waals surface area contributed by atoms with Crippen molar-refractivity contribution in [3.05, 3.63) is 24.3 Å². The molecule has 0 spiro atoms. The van der Waals surface area contributed by atoms with Gasteiger partial charge in [-0.05, 0) is 31.2 Å². The Hall–Kier alpha value is -1.63. The number of aliphatic hydroxyl groups excluding tert-OH is 1. The minimum absolute atomic E-state index is 0.00364. The predicted molar refractivity (Wildman–Crippen MR) is 79.5 cm³/mol. The fraction of sp³-hybridized carbons (Fsp3) is 0.533. The Balaban J connectivity index is 1.85. The molecular formula is C15H22N2O4. The Bertz CT molecular complexity index is 449. The largest absolute Gasteiger partial charge is 0.494 e. The summed E-state index contributed by atoms with van der Waals surface area (Å²) in [5.41, 5.74) is 0.734. The number of amides is 1. The van der Waals surface area contributed by atoms with Crippen LogP contribution in [0.4, 0.5) is 5.69 Å². The molecule has 2 N–H and O–H groups in total. The van der Waals surface area contributed by atoms with Crippen molar-refractivity contribution in [3.63, 3.8) is 0 Å².